The van der Waals surface area contributed by atoms with Crippen molar-refractivity contribution in [1.82, 2.24) is 0 Å². The van der Waals surface area contributed by atoms with Crippen molar-refractivity contribution in [2.45, 2.75) is 527 Å². The van der Waals surface area contributed by atoms with Gasteiger partial charge in [-0.2, -0.15) is 0 Å². The van der Waals surface area contributed by atoms with Crippen molar-refractivity contribution >= 4 is 33.6 Å². The predicted octanol–water partition coefficient (Wildman–Crippen LogP) is 36.5. The standard InChI is InChI=1S/C119H208O16P2/c1-4-7-10-13-16-19-22-25-28-31-34-37-40-43-46-49-52-54-56-58-61-63-66-69-72-75-78-81-84-87-90-93-96-99-102-105-117(122)129-108-114(120)109-131-136(125,126)132-110-115(121)111-133-137(127,128)134-113-116(135-119(124)107-104-101-98-95-92-89-86-83-80-77-74-71-68-65-60-51-48-45-42-39-36-33-30-27-24-21-18-15-12-9-6-3)112-130-118(123)106-103-100-97-94-91-88-85-82-79-76-73-70-67-64-62-59-57-55-53-50-47-44-41-38-35-32-29-26-23-20-17-14-11-8-5-2/h7-8,10-11,16-21,25-30,34-39,43-48,114-116,120-121H,4-6,9,12-15,22-24,31-33,40-42,49-113H2,1-3H3,(H,125,126)(H,127,128)/b10-7-,11-8-,19-16-,20-17-,21-18-,28-25-,29-26-,30-27-,37-34-,38-35-,39-36-,46-43-,47-44-,48-45-. The van der Waals surface area contributed by atoms with Crippen molar-refractivity contribution in [3.63, 3.8) is 0 Å². The number of esters is 3. The van der Waals surface area contributed by atoms with Gasteiger partial charge in [0.2, 0.25) is 0 Å². The first kappa shape index (κ1) is 132. The van der Waals surface area contributed by atoms with Gasteiger partial charge in [-0.1, -0.05) is 506 Å². The molecule has 0 aromatic heterocycles. The van der Waals surface area contributed by atoms with Crippen molar-refractivity contribution in [3.05, 3.63) is 170 Å². The molecule has 0 radical (unpaired) electrons. The maximum absolute atomic E-state index is 13.2. The van der Waals surface area contributed by atoms with E-state index in [0.717, 1.165) is 148 Å². The smallest absolute Gasteiger partial charge is 0.463 e. The summed E-state index contributed by atoms with van der Waals surface area (Å²) in [4.78, 5) is 59.4. The van der Waals surface area contributed by atoms with Gasteiger partial charge in [-0.05, 0) is 154 Å². The second kappa shape index (κ2) is 110. The van der Waals surface area contributed by atoms with Crippen LogP contribution in [0.4, 0.5) is 0 Å². The third kappa shape index (κ3) is 111. The number of carbonyl (C=O) groups excluding carboxylic acids is 3. The number of phosphoric acid groups is 2. The minimum absolute atomic E-state index is 0.104. The van der Waals surface area contributed by atoms with Gasteiger partial charge in [-0.25, -0.2) is 9.13 Å². The van der Waals surface area contributed by atoms with E-state index in [0.29, 0.717) is 19.3 Å². The first-order chi connectivity index (χ1) is 67.2. The SMILES string of the molecule is CC/C=C\C/C=C\C/C=C\C/C=C\C/C=C\CCCCCCCCCCCCCCCCCCCCCC(=O)OCC(O)COP(=O)(O)OCC(O)COP(=O)(O)OCC(COC(=O)CCCCCCCCCCCCCCCCCCCCC/C=C\C/C=C\C/C=C\C/C=C\C/C=C\CC)OC(=O)CCCCCCCCCCCCCCCCC/C=C\C/C=C\C/C=C\C/C=C\CCCCC. The normalized spacial score (nSPS) is 14.2. The molecule has 0 heterocycles. The number of phosphoric ester groups is 2. The van der Waals surface area contributed by atoms with Gasteiger partial charge in [0, 0.05) is 19.3 Å². The van der Waals surface area contributed by atoms with Crippen LogP contribution >= 0.6 is 15.6 Å². The molecule has 0 amide bonds. The lowest BCUT2D eigenvalue weighted by Gasteiger charge is -2.21. The van der Waals surface area contributed by atoms with Crippen LogP contribution in [0.1, 0.15) is 509 Å². The Hall–Kier alpha value is -5.09. The zero-order chi connectivity index (χ0) is 99.2. The molecule has 0 spiro atoms. The van der Waals surface area contributed by atoms with Gasteiger partial charge >= 0.3 is 33.6 Å². The van der Waals surface area contributed by atoms with E-state index >= 15 is 0 Å². The molecule has 0 aromatic rings. The van der Waals surface area contributed by atoms with E-state index in [1.54, 1.807) is 0 Å². The quantitative estimate of drug-likeness (QED) is 0.0146. The van der Waals surface area contributed by atoms with Gasteiger partial charge in [-0.15, -0.1) is 0 Å². The Labute approximate surface area is 841 Å². The Balaban J connectivity index is 4.57. The summed E-state index contributed by atoms with van der Waals surface area (Å²) >= 11 is 0. The fraction of sp³-hybridized carbons (Fsp3) is 0.739. The fourth-order valence-electron chi connectivity index (χ4n) is 16.0. The number of unbranched alkanes of at least 4 members (excludes halogenated alkanes) is 56. The summed E-state index contributed by atoms with van der Waals surface area (Å²) in [5.41, 5.74) is 0. The molecule has 0 bridgehead atoms. The number of aliphatic hydroxyl groups is 2. The lowest BCUT2D eigenvalue weighted by atomic mass is 10.0. The number of hydrogen-bond donors (Lipinski definition) is 4. The molecule has 5 atom stereocenters. The number of ether oxygens (including phenoxy) is 3. The van der Waals surface area contributed by atoms with Gasteiger partial charge < -0.3 is 34.2 Å². The highest BCUT2D eigenvalue weighted by Crippen LogP contribution is 2.45. The second-order valence-corrected chi connectivity index (χ2v) is 40.7. The topological polar surface area (TPSA) is 231 Å². The average molecular weight is 1960 g/mol. The Kier molecular flexibility index (Phi) is 106. The van der Waals surface area contributed by atoms with Crippen LogP contribution in [-0.2, 0) is 55.8 Å². The third-order valence-corrected chi connectivity index (χ3v) is 26.3. The van der Waals surface area contributed by atoms with Gasteiger partial charge in [0.1, 0.15) is 25.4 Å². The van der Waals surface area contributed by atoms with E-state index in [1.165, 1.54) is 302 Å². The molecule has 0 rings (SSSR count). The Morgan fingerprint density at radius 3 is 0.613 bits per heavy atom. The highest BCUT2D eigenvalue weighted by Gasteiger charge is 2.30. The Bertz CT molecular complexity index is 3170. The molecule has 0 aliphatic heterocycles. The van der Waals surface area contributed by atoms with Crippen molar-refractivity contribution in [2.75, 3.05) is 39.6 Å². The van der Waals surface area contributed by atoms with Crippen LogP contribution < -0.4 is 0 Å². The second-order valence-electron chi connectivity index (χ2n) is 37.8. The van der Waals surface area contributed by atoms with E-state index in [1.807, 2.05) is 0 Å². The molecule has 790 valence electrons. The maximum Gasteiger partial charge on any atom is 0.472 e. The van der Waals surface area contributed by atoms with Crippen LogP contribution in [0.5, 0.6) is 0 Å². The first-order valence-electron chi connectivity index (χ1n) is 56.4. The van der Waals surface area contributed by atoms with Crippen LogP contribution in [0.3, 0.4) is 0 Å². The first-order valence-corrected chi connectivity index (χ1v) is 59.4. The average Bonchev–Trinajstić information content (AvgIpc) is 0.898. The van der Waals surface area contributed by atoms with Crippen LogP contribution in [0.25, 0.3) is 0 Å². The monoisotopic (exact) mass is 1960 g/mol. The molecule has 0 saturated heterocycles. The lowest BCUT2D eigenvalue weighted by Crippen LogP contribution is -2.30. The van der Waals surface area contributed by atoms with E-state index in [-0.39, 0.29) is 19.3 Å². The summed E-state index contributed by atoms with van der Waals surface area (Å²) in [6.45, 7) is 2.54. The van der Waals surface area contributed by atoms with Crippen LogP contribution in [-0.4, -0.2) is 95.9 Å². The molecule has 5 unspecified atom stereocenters. The minimum atomic E-state index is -4.95. The molecular weight excluding hydrogens is 1750 g/mol. The molecule has 0 saturated carbocycles. The third-order valence-electron chi connectivity index (χ3n) is 24.4. The van der Waals surface area contributed by atoms with Gasteiger partial charge in [-0.3, -0.25) is 32.5 Å². The molecular formula is C119H208O16P2. The van der Waals surface area contributed by atoms with Crippen LogP contribution in [0, 0.1) is 0 Å². The van der Waals surface area contributed by atoms with Crippen molar-refractivity contribution in [3.8, 4) is 0 Å². The number of allylic oxidation sites excluding steroid dienone is 28. The molecule has 0 aliphatic rings. The summed E-state index contributed by atoms with van der Waals surface area (Å²) in [5, 5.41) is 20.8. The summed E-state index contributed by atoms with van der Waals surface area (Å²) in [6, 6.07) is 0. The zero-order valence-electron chi connectivity index (χ0n) is 88.0. The fourth-order valence-corrected chi connectivity index (χ4v) is 17.6. The van der Waals surface area contributed by atoms with E-state index < -0.39 is 91.5 Å². The number of carbonyl (C=O) groups is 3. The molecule has 0 aromatic carbocycles. The van der Waals surface area contributed by atoms with E-state index in [4.69, 9.17) is 32.3 Å². The number of aliphatic hydroxyl groups excluding tert-OH is 2. The van der Waals surface area contributed by atoms with E-state index in [2.05, 4.69) is 191 Å². The predicted molar refractivity (Wildman–Crippen MR) is 583 cm³/mol. The van der Waals surface area contributed by atoms with E-state index in [9.17, 15) is 43.5 Å². The molecule has 0 aliphatic carbocycles. The number of rotatable bonds is 107. The summed E-state index contributed by atoms with van der Waals surface area (Å²) in [6.07, 6.45) is 146. The molecule has 0 fully saturated rings. The van der Waals surface area contributed by atoms with Crippen molar-refractivity contribution < 1.29 is 75.8 Å². The highest BCUT2D eigenvalue weighted by atomic mass is 31.2. The maximum atomic E-state index is 13.2. The zero-order valence-corrected chi connectivity index (χ0v) is 89.8. The summed E-state index contributed by atoms with van der Waals surface area (Å²) < 4.78 is 61.9. The highest BCUT2D eigenvalue weighted by molar-refractivity contribution is 7.47. The summed E-state index contributed by atoms with van der Waals surface area (Å²) in [5.74, 6) is -1.55. The van der Waals surface area contributed by atoms with Gasteiger partial charge in [0.25, 0.3) is 0 Å². The Morgan fingerprint density at radius 2 is 0.387 bits per heavy atom. The van der Waals surface area contributed by atoms with Crippen molar-refractivity contribution in [1.29, 1.82) is 0 Å². The van der Waals surface area contributed by atoms with Crippen molar-refractivity contribution in [2.24, 2.45) is 0 Å². The largest absolute Gasteiger partial charge is 0.472 e. The van der Waals surface area contributed by atoms with Gasteiger partial charge in [0.15, 0.2) is 6.10 Å². The molecule has 137 heavy (non-hydrogen) atoms. The molecule has 16 nitrogen and oxygen atoms in total. The summed E-state index contributed by atoms with van der Waals surface area (Å²) in [7, 11) is -9.82. The molecule has 18 heteroatoms. The van der Waals surface area contributed by atoms with Crippen LogP contribution in [0.15, 0.2) is 170 Å². The van der Waals surface area contributed by atoms with Gasteiger partial charge in [0.05, 0.1) is 26.4 Å². The molecule has 4 N–H and O–H groups in total. The lowest BCUT2D eigenvalue weighted by molar-refractivity contribution is -0.161. The van der Waals surface area contributed by atoms with Crippen LogP contribution in [0.2, 0.25) is 0 Å². The Morgan fingerprint density at radius 1 is 0.212 bits per heavy atom. The minimum Gasteiger partial charge on any atom is -0.463 e. The number of hydrogen-bond acceptors (Lipinski definition) is 14.